The number of anilines is 1. The first-order valence-corrected chi connectivity index (χ1v) is 9.83. The second kappa shape index (κ2) is 6.33. The molecule has 0 spiro atoms. The highest BCUT2D eigenvalue weighted by Crippen LogP contribution is 2.38. The largest absolute Gasteiger partial charge is 0.471 e. The van der Waals surface area contributed by atoms with Crippen molar-refractivity contribution in [2.24, 2.45) is 0 Å². The molecule has 0 atom stereocenters. The molecule has 0 radical (unpaired) electrons. The minimum atomic E-state index is -4.77. The van der Waals surface area contributed by atoms with E-state index in [-0.39, 0.29) is 21.2 Å². The Bertz CT molecular complexity index is 1160. The van der Waals surface area contributed by atoms with Gasteiger partial charge in [0.05, 0.1) is 15.5 Å². The molecule has 2 heterocycles. The van der Waals surface area contributed by atoms with Crippen LogP contribution in [0.4, 0.5) is 18.9 Å². The van der Waals surface area contributed by atoms with Crippen LogP contribution in [0, 0.1) is 0 Å². The molecule has 0 aliphatic carbocycles. The first-order valence-electron chi connectivity index (χ1n) is 8.35. The van der Waals surface area contributed by atoms with Crippen LogP contribution in [0.1, 0.15) is 18.4 Å². The predicted molar refractivity (Wildman–Crippen MR) is 93.4 cm³/mol. The van der Waals surface area contributed by atoms with Gasteiger partial charge in [-0.3, -0.25) is 0 Å². The highest BCUT2D eigenvalue weighted by molar-refractivity contribution is 7.91. The van der Waals surface area contributed by atoms with Gasteiger partial charge in [0.1, 0.15) is 0 Å². The molecule has 2 aromatic carbocycles. The van der Waals surface area contributed by atoms with Gasteiger partial charge in [0.25, 0.3) is 0 Å². The van der Waals surface area contributed by atoms with Crippen molar-refractivity contribution in [3.63, 3.8) is 0 Å². The van der Waals surface area contributed by atoms with E-state index in [2.05, 4.69) is 14.7 Å². The summed E-state index contributed by atoms with van der Waals surface area (Å²) in [4.78, 5) is 5.43. The second-order valence-corrected chi connectivity index (χ2v) is 8.12. The van der Waals surface area contributed by atoms with Crippen LogP contribution in [0.5, 0.6) is 0 Å². The SMILES string of the molecule is CCN1Cc2ccc(-c3noc(C(F)(F)F)n3)cc2S(=O)(=O)c2ccccc21. The van der Waals surface area contributed by atoms with Gasteiger partial charge in [-0.1, -0.05) is 29.4 Å². The van der Waals surface area contributed by atoms with E-state index < -0.39 is 21.9 Å². The van der Waals surface area contributed by atoms with Crippen LogP contribution in [0.25, 0.3) is 11.4 Å². The summed E-state index contributed by atoms with van der Waals surface area (Å²) < 4.78 is 68.9. The lowest BCUT2D eigenvalue weighted by Gasteiger charge is -2.22. The fourth-order valence-corrected chi connectivity index (χ4v) is 4.89. The van der Waals surface area contributed by atoms with Crippen molar-refractivity contribution in [3.05, 3.63) is 53.9 Å². The molecule has 0 unspecified atom stereocenters. The monoisotopic (exact) mass is 409 g/mol. The van der Waals surface area contributed by atoms with Crippen LogP contribution in [0.3, 0.4) is 0 Å². The van der Waals surface area contributed by atoms with Crippen LogP contribution in [-0.2, 0) is 22.6 Å². The number of para-hydroxylation sites is 1. The maximum absolute atomic E-state index is 13.3. The van der Waals surface area contributed by atoms with Crippen LogP contribution in [0.2, 0.25) is 0 Å². The van der Waals surface area contributed by atoms with Gasteiger partial charge < -0.3 is 9.42 Å². The molecular weight excluding hydrogens is 395 g/mol. The zero-order valence-corrected chi connectivity index (χ0v) is 15.4. The molecule has 146 valence electrons. The maximum Gasteiger partial charge on any atom is 0.471 e. The number of rotatable bonds is 2. The second-order valence-electron chi connectivity index (χ2n) is 6.23. The fourth-order valence-electron chi connectivity index (χ4n) is 3.17. The summed E-state index contributed by atoms with van der Waals surface area (Å²) >= 11 is 0. The summed E-state index contributed by atoms with van der Waals surface area (Å²) in [5.74, 6) is -1.81. The van der Waals surface area contributed by atoms with E-state index in [0.29, 0.717) is 24.3 Å². The molecule has 1 aliphatic rings. The zero-order valence-electron chi connectivity index (χ0n) is 14.6. The number of sulfone groups is 1. The van der Waals surface area contributed by atoms with Gasteiger partial charge in [-0.05, 0) is 30.7 Å². The third kappa shape index (κ3) is 2.93. The average molecular weight is 409 g/mol. The van der Waals surface area contributed by atoms with Crippen LogP contribution < -0.4 is 4.90 Å². The summed E-state index contributed by atoms with van der Waals surface area (Å²) in [6.07, 6.45) is -4.77. The van der Waals surface area contributed by atoms with E-state index in [1.54, 1.807) is 24.3 Å². The van der Waals surface area contributed by atoms with E-state index in [1.807, 2.05) is 11.8 Å². The Morgan fingerprint density at radius 3 is 2.57 bits per heavy atom. The molecule has 1 aliphatic heterocycles. The summed E-state index contributed by atoms with van der Waals surface area (Å²) in [5.41, 5.74) is 1.26. The first kappa shape index (κ1) is 18.5. The third-order valence-corrected chi connectivity index (χ3v) is 6.41. The summed E-state index contributed by atoms with van der Waals surface area (Å²) in [5, 5.41) is 3.34. The minimum absolute atomic E-state index is 0.0201. The quantitative estimate of drug-likeness (QED) is 0.638. The molecule has 6 nitrogen and oxygen atoms in total. The molecule has 4 rings (SSSR count). The number of aromatic nitrogens is 2. The molecule has 28 heavy (non-hydrogen) atoms. The van der Waals surface area contributed by atoms with Crippen molar-refractivity contribution in [1.82, 2.24) is 10.1 Å². The molecular formula is C18H14F3N3O3S. The van der Waals surface area contributed by atoms with E-state index in [9.17, 15) is 21.6 Å². The van der Waals surface area contributed by atoms with Crippen molar-refractivity contribution >= 4 is 15.5 Å². The maximum atomic E-state index is 13.3. The van der Waals surface area contributed by atoms with Gasteiger partial charge in [0.2, 0.25) is 15.7 Å². The molecule has 10 heteroatoms. The number of halogens is 3. The standard InChI is InChI=1S/C18H14F3N3O3S/c1-2-24-10-12-8-7-11(16-22-17(27-23-16)18(19,20)21)9-15(12)28(25,26)14-6-4-3-5-13(14)24/h3-9H,2,10H2,1H3. The predicted octanol–water partition coefficient (Wildman–Crippen LogP) is 3.93. The number of hydrogen-bond acceptors (Lipinski definition) is 6. The Morgan fingerprint density at radius 1 is 1.14 bits per heavy atom. The Balaban J connectivity index is 1.88. The van der Waals surface area contributed by atoms with E-state index in [0.717, 1.165) is 0 Å². The van der Waals surface area contributed by atoms with Gasteiger partial charge >= 0.3 is 12.1 Å². The third-order valence-electron chi connectivity index (χ3n) is 4.52. The fraction of sp³-hybridized carbons (Fsp3) is 0.222. The van der Waals surface area contributed by atoms with Crippen LogP contribution in [0.15, 0.2) is 56.8 Å². The number of fused-ring (bicyclic) bond motifs is 2. The lowest BCUT2D eigenvalue weighted by molar-refractivity contribution is -0.159. The molecule has 0 saturated carbocycles. The Kier molecular flexibility index (Phi) is 4.18. The smallest absolute Gasteiger partial charge is 0.366 e. The van der Waals surface area contributed by atoms with Crippen molar-refractivity contribution in [2.75, 3.05) is 11.4 Å². The zero-order chi connectivity index (χ0) is 20.1. The minimum Gasteiger partial charge on any atom is -0.366 e. The summed E-state index contributed by atoms with van der Waals surface area (Å²) in [6, 6.07) is 11.0. The van der Waals surface area contributed by atoms with Gasteiger partial charge in [0, 0.05) is 18.7 Å². The van der Waals surface area contributed by atoms with Gasteiger partial charge in [-0.15, -0.1) is 0 Å². The van der Waals surface area contributed by atoms with Gasteiger partial charge in [-0.25, -0.2) is 8.42 Å². The topological polar surface area (TPSA) is 76.3 Å². The molecule has 1 aromatic heterocycles. The Hall–Kier alpha value is -2.88. The molecule has 0 bridgehead atoms. The normalized spacial score (nSPS) is 15.6. The highest BCUT2D eigenvalue weighted by Gasteiger charge is 2.39. The van der Waals surface area contributed by atoms with E-state index >= 15 is 0 Å². The lowest BCUT2D eigenvalue weighted by Crippen LogP contribution is -2.21. The molecule has 0 fully saturated rings. The summed E-state index contributed by atoms with van der Waals surface area (Å²) in [7, 11) is -3.88. The molecule has 3 aromatic rings. The van der Waals surface area contributed by atoms with Crippen molar-refractivity contribution < 1.29 is 26.1 Å². The van der Waals surface area contributed by atoms with Crippen LogP contribution >= 0.6 is 0 Å². The Morgan fingerprint density at radius 2 is 1.89 bits per heavy atom. The number of alkyl halides is 3. The molecule has 0 N–H and O–H groups in total. The number of hydrogen-bond donors (Lipinski definition) is 0. The molecule has 0 amide bonds. The number of nitrogens with zero attached hydrogens (tertiary/aromatic N) is 3. The highest BCUT2D eigenvalue weighted by atomic mass is 32.2. The molecule has 0 saturated heterocycles. The van der Waals surface area contributed by atoms with Crippen molar-refractivity contribution in [1.29, 1.82) is 0 Å². The van der Waals surface area contributed by atoms with Crippen molar-refractivity contribution in [3.8, 4) is 11.4 Å². The Labute approximate surface area is 158 Å². The summed E-state index contributed by atoms with van der Waals surface area (Å²) in [6.45, 7) is 2.86. The van der Waals surface area contributed by atoms with Crippen molar-refractivity contribution in [2.45, 2.75) is 29.4 Å². The average Bonchev–Trinajstić information content (AvgIpc) is 3.13. The lowest BCUT2D eigenvalue weighted by atomic mass is 10.1. The van der Waals surface area contributed by atoms with E-state index in [1.165, 1.54) is 18.2 Å². The van der Waals surface area contributed by atoms with Crippen LogP contribution in [-0.4, -0.2) is 25.1 Å². The van der Waals surface area contributed by atoms with Gasteiger partial charge in [-0.2, -0.15) is 18.2 Å². The number of benzene rings is 2. The van der Waals surface area contributed by atoms with Gasteiger partial charge in [0.15, 0.2) is 0 Å². The van der Waals surface area contributed by atoms with E-state index in [4.69, 9.17) is 0 Å². The first-order chi connectivity index (χ1) is 13.2.